The van der Waals surface area contributed by atoms with Crippen LogP contribution in [-0.4, -0.2) is 7.11 Å². The van der Waals surface area contributed by atoms with Crippen LogP contribution in [0.5, 0.6) is 5.75 Å². The average Bonchev–Trinajstić information content (AvgIpc) is 2.28. The summed E-state index contributed by atoms with van der Waals surface area (Å²) >= 11 is 0. The third-order valence-electron chi connectivity index (χ3n) is 2.54. The van der Waals surface area contributed by atoms with Crippen LogP contribution in [0.2, 0.25) is 0 Å². The maximum absolute atomic E-state index is 5.23. The lowest BCUT2D eigenvalue weighted by atomic mass is 10.0. The van der Waals surface area contributed by atoms with Crippen molar-refractivity contribution in [2.75, 3.05) is 7.11 Å². The van der Waals surface area contributed by atoms with Crippen molar-refractivity contribution in [2.24, 2.45) is 0 Å². The predicted octanol–water partition coefficient (Wildman–Crippen LogP) is 3.78. The molecule has 0 aliphatic rings. The average molecular weight is 211 g/mol. The normalized spacial score (nSPS) is 10.2. The van der Waals surface area contributed by atoms with Gasteiger partial charge in [0, 0.05) is 0 Å². The van der Waals surface area contributed by atoms with Gasteiger partial charge in [-0.15, -0.1) is 0 Å². The molecule has 0 saturated heterocycles. The lowest BCUT2D eigenvalue weighted by Crippen LogP contribution is -1.86. The summed E-state index contributed by atoms with van der Waals surface area (Å²) in [6.07, 6.45) is 0. The van der Waals surface area contributed by atoms with Crippen molar-refractivity contribution in [3.63, 3.8) is 0 Å². The molecule has 0 saturated carbocycles. The summed E-state index contributed by atoms with van der Waals surface area (Å²) in [5.41, 5.74) is 4.72. The van der Waals surface area contributed by atoms with Crippen molar-refractivity contribution in [3.05, 3.63) is 53.6 Å². The number of rotatable bonds is 2. The molecule has 0 amide bonds. The van der Waals surface area contributed by atoms with E-state index in [4.69, 9.17) is 4.74 Å². The maximum Gasteiger partial charge on any atom is 0.119 e. The van der Waals surface area contributed by atoms with Crippen molar-refractivity contribution in [2.45, 2.75) is 13.8 Å². The molecule has 1 heteroatoms. The second-order valence-corrected chi connectivity index (χ2v) is 3.97. The molecule has 0 aromatic heterocycles. The van der Waals surface area contributed by atoms with Gasteiger partial charge in [-0.25, -0.2) is 0 Å². The third-order valence-corrected chi connectivity index (χ3v) is 2.54. The van der Waals surface area contributed by atoms with Crippen LogP contribution in [0.3, 0.4) is 0 Å². The zero-order valence-electron chi connectivity index (χ0n) is 9.87. The molecule has 0 aliphatic heterocycles. The van der Waals surface area contributed by atoms with Crippen molar-refractivity contribution < 1.29 is 4.74 Å². The van der Waals surface area contributed by atoms with Crippen LogP contribution in [0.1, 0.15) is 11.1 Å². The molecule has 81 valence electrons. The SMILES string of the molecule is COc1cccc(-c2cc(C)[c]c(C)c2)c1. The number of benzene rings is 2. The van der Waals surface area contributed by atoms with E-state index >= 15 is 0 Å². The first kappa shape index (κ1) is 10.7. The van der Waals surface area contributed by atoms with Gasteiger partial charge in [0.25, 0.3) is 0 Å². The highest BCUT2D eigenvalue weighted by Gasteiger charge is 2.01. The molecule has 2 aromatic carbocycles. The van der Waals surface area contributed by atoms with E-state index in [1.165, 1.54) is 11.1 Å². The van der Waals surface area contributed by atoms with E-state index in [1.807, 2.05) is 18.2 Å². The van der Waals surface area contributed by atoms with E-state index in [-0.39, 0.29) is 0 Å². The molecular weight excluding hydrogens is 196 g/mol. The number of methoxy groups -OCH3 is 1. The molecule has 0 aliphatic carbocycles. The standard InChI is InChI=1S/C15H15O/c1-11-7-12(2)9-14(8-11)13-5-4-6-15(10-13)16-3/h4-6,8-10H,1-3H3. The summed E-state index contributed by atoms with van der Waals surface area (Å²) in [7, 11) is 1.69. The fourth-order valence-electron chi connectivity index (χ4n) is 1.86. The van der Waals surface area contributed by atoms with Crippen LogP contribution in [0.25, 0.3) is 11.1 Å². The molecule has 16 heavy (non-hydrogen) atoms. The summed E-state index contributed by atoms with van der Waals surface area (Å²) in [5.74, 6) is 0.889. The molecule has 0 N–H and O–H groups in total. The number of aryl methyl sites for hydroxylation is 2. The van der Waals surface area contributed by atoms with Gasteiger partial charge in [-0.1, -0.05) is 24.3 Å². The molecule has 0 atom stereocenters. The van der Waals surface area contributed by atoms with Crippen LogP contribution in [0.15, 0.2) is 36.4 Å². The van der Waals surface area contributed by atoms with Gasteiger partial charge < -0.3 is 4.74 Å². The highest BCUT2D eigenvalue weighted by molar-refractivity contribution is 5.66. The van der Waals surface area contributed by atoms with Gasteiger partial charge >= 0.3 is 0 Å². The number of hydrogen-bond acceptors (Lipinski definition) is 1. The minimum atomic E-state index is 0.889. The highest BCUT2D eigenvalue weighted by atomic mass is 16.5. The minimum Gasteiger partial charge on any atom is -0.497 e. The lowest BCUT2D eigenvalue weighted by Gasteiger charge is -2.06. The summed E-state index contributed by atoms with van der Waals surface area (Å²) in [6, 6.07) is 15.7. The van der Waals surface area contributed by atoms with Gasteiger partial charge in [-0.2, -0.15) is 0 Å². The molecule has 0 unspecified atom stereocenters. The van der Waals surface area contributed by atoms with Crippen molar-refractivity contribution in [1.29, 1.82) is 0 Å². The third kappa shape index (κ3) is 2.25. The van der Waals surface area contributed by atoms with E-state index in [0.717, 1.165) is 16.9 Å². The Balaban J connectivity index is 2.49. The van der Waals surface area contributed by atoms with Crippen LogP contribution < -0.4 is 4.74 Å². The number of hydrogen-bond donors (Lipinski definition) is 0. The Hall–Kier alpha value is -1.76. The first-order valence-electron chi connectivity index (χ1n) is 5.34. The predicted molar refractivity (Wildman–Crippen MR) is 66.7 cm³/mol. The monoisotopic (exact) mass is 211 g/mol. The molecular formula is C15H15O. The molecule has 1 radical (unpaired) electrons. The fourth-order valence-corrected chi connectivity index (χ4v) is 1.86. The molecule has 0 spiro atoms. The Kier molecular flexibility index (Phi) is 2.95. The van der Waals surface area contributed by atoms with Crippen molar-refractivity contribution in [1.82, 2.24) is 0 Å². The first-order valence-corrected chi connectivity index (χ1v) is 5.34. The second kappa shape index (κ2) is 4.40. The Bertz CT molecular complexity index is 480. The summed E-state index contributed by atoms with van der Waals surface area (Å²) < 4.78 is 5.23. The van der Waals surface area contributed by atoms with Crippen LogP contribution >= 0.6 is 0 Å². The quantitative estimate of drug-likeness (QED) is 0.734. The van der Waals surface area contributed by atoms with Gasteiger partial charge in [0.2, 0.25) is 0 Å². The van der Waals surface area contributed by atoms with Gasteiger partial charge in [0.15, 0.2) is 0 Å². The van der Waals surface area contributed by atoms with E-state index in [2.05, 4.69) is 38.1 Å². The van der Waals surface area contributed by atoms with E-state index in [1.54, 1.807) is 7.11 Å². The molecule has 0 fully saturated rings. The second-order valence-electron chi connectivity index (χ2n) is 3.97. The number of ether oxygens (including phenoxy) is 1. The van der Waals surface area contributed by atoms with E-state index in [0.29, 0.717) is 0 Å². The largest absolute Gasteiger partial charge is 0.497 e. The van der Waals surface area contributed by atoms with Crippen LogP contribution in [0.4, 0.5) is 0 Å². The Morgan fingerprint density at radius 2 is 1.62 bits per heavy atom. The molecule has 2 rings (SSSR count). The molecule has 2 aromatic rings. The lowest BCUT2D eigenvalue weighted by molar-refractivity contribution is 0.415. The van der Waals surface area contributed by atoms with Crippen molar-refractivity contribution >= 4 is 0 Å². The fraction of sp³-hybridized carbons (Fsp3) is 0.200. The Labute approximate surface area is 96.7 Å². The zero-order chi connectivity index (χ0) is 11.5. The van der Waals surface area contributed by atoms with Gasteiger partial charge in [0.1, 0.15) is 5.75 Å². The van der Waals surface area contributed by atoms with E-state index < -0.39 is 0 Å². The minimum absolute atomic E-state index is 0.889. The highest BCUT2D eigenvalue weighted by Crippen LogP contribution is 2.25. The van der Waals surface area contributed by atoms with Gasteiger partial charge in [0.05, 0.1) is 7.11 Å². The first-order chi connectivity index (χ1) is 7.69. The maximum atomic E-state index is 5.23. The van der Waals surface area contributed by atoms with Crippen molar-refractivity contribution in [3.8, 4) is 16.9 Å². The van der Waals surface area contributed by atoms with Crippen LogP contribution in [-0.2, 0) is 0 Å². The molecule has 0 heterocycles. The van der Waals surface area contributed by atoms with Gasteiger partial charge in [-0.05, 0) is 54.3 Å². The molecule has 1 nitrogen and oxygen atoms in total. The van der Waals surface area contributed by atoms with Crippen LogP contribution in [0, 0.1) is 19.9 Å². The zero-order valence-corrected chi connectivity index (χ0v) is 9.87. The summed E-state index contributed by atoms with van der Waals surface area (Å²) in [5, 5.41) is 0. The Morgan fingerprint density at radius 3 is 2.25 bits per heavy atom. The smallest absolute Gasteiger partial charge is 0.119 e. The summed E-state index contributed by atoms with van der Waals surface area (Å²) in [4.78, 5) is 0. The topological polar surface area (TPSA) is 9.23 Å². The summed E-state index contributed by atoms with van der Waals surface area (Å²) in [6.45, 7) is 4.13. The molecule has 0 bridgehead atoms. The van der Waals surface area contributed by atoms with E-state index in [9.17, 15) is 0 Å². The Morgan fingerprint density at radius 1 is 0.938 bits per heavy atom. The van der Waals surface area contributed by atoms with Gasteiger partial charge in [-0.3, -0.25) is 0 Å².